The highest BCUT2D eigenvalue weighted by molar-refractivity contribution is 7.99. The molecule has 5 saturated carbocycles. The first-order chi connectivity index (χ1) is 14.2. The zero-order chi connectivity index (χ0) is 19.4. The fourth-order valence-electron chi connectivity index (χ4n) is 6.45. The second kappa shape index (κ2) is 6.83. The minimum Gasteiger partial charge on any atom is -0.350 e. The lowest BCUT2D eigenvalue weighted by Crippen LogP contribution is -2.60. The average molecular weight is 410 g/mol. The molecule has 0 aromatic carbocycles. The molecule has 29 heavy (non-hydrogen) atoms. The summed E-state index contributed by atoms with van der Waals surface area (Å²) in [5.41, 5.74) is 1.06. The summed E-state index contributed by atoms with van der Waals surface area (Å²) in [7, 11) is 0. The Bertz CT molecular complexity index is 887. The van der Waals surface area contributed by atoms with Crippen LogP contribution in [0.5, 0.6) is 0 Å². The molecule has 5 fully saturated rings. The Labute approximate surface area is 175 Å². The van der Waals surface area contributed by atoms with Gasteiger partial charge in [-0.25, -0.2) is 0 Å². The molecule has 1 N–H and O–H groups in total. The van der Waals surface area contributed by atoms with Crippen LogP contribution < -0.4 is 5.32 Å². The van der Waals surface area contributed by atoms with Crippen molar-refractivity contribution in [2.24, 2.45) is 17.8 Å². The van der Waals surface area contributed by atoms with E-state index < -0.39 is 0 Å². The largest absolute Gasteiger partial charge is 0.350 e. The van der Waals surface area contributed by atoms with Crippen LogP contribution in [0.3, 0.4) is 0 Å². The van der Waals surface area contributed by atoms with E-state index in [4.69, 9.17) is 0 Å². The molecule has 7 heteroatoms. The molecule has 6 nitrogen and oxygen atoms in total. The zero-order valence-corrected chi connectivity index (χ0v) is 17.4. The third-order valence-corrected chi connectivity index (χ3v) is 8.21. The van der Waals surface area contributed by atoms with Gasteiger partial charge in [0.05, 0.1) is 5.75 Å². The normalized spacial score (nSPS) is 32.5. The fourth-order valence-corrected chi connectivity index (χ4v) is 7.26. The van der Waals surface area contributed by atoms with Gasteiger partial charge in [-0.3, -0.25) is 14.3 Å². The number of nitrogens with zero attached hydrogens (tertiary/aromatic N) is 4. The summed E-state index contributed by atoms with van der Waals surface area (Å²) < 4.78 is 2.21. The third-order valence-electron chi connectivity index (χ3n) is 7.27. The van der Waals surface area contributed by atoms with Crippen LogP contribution in [0, 0.1) is 17.8 Å². The number of carbonyl (C=O) groups is 1. The van der Waals surface area contributed by atoms with Crippen molar-refractivity contribution in [2.45, 2.75) is 68.1 Å². The number of pyridine rings is 1. The molecule has 5 aliphatic carbocycles. The first-order valence-electron chi connectivity index (χ1n) is 11.0. The Morgan fingerprint density at radius 1 is 1.14 bits per heavy atom. The second-order valence-corrected chi connectivity index (χ2v) is 10.6. The number of hydrogen-bond donors (Lipinski definition) is 1. The summed E-state index contributed by atoms with van der Waals surface area (Å²) in [6.07, 6.45) is 13.7. The van der Waals surface area contributed by atoms with E-state index in [1.165, 1.54) is 50.3 Å². The van der Waals surface area contributed by atoms with Crippen molar-refractivity contribution in [1.82, 2.24) is 25.1 Å². The number of carbonyl (C=O) groups excluding carboxylic acids is 1. The van der Waals surface area contributed by atoms with Gasteiger partial charge in [0.25, 0.3) is 0 Å². The quantitative estimate of drug-likeness (QED) is 0.734. The van der Waals surface area contributed by atoms with Crippen molar-refractivity contribution in [2.75, 3.05) is 5.75 Å². The predicted molar refractivity (Wildman–Crippen MR) is 111 cm³/mol. The van der Waals surface area contributed by atoms with Crippen LogP contribution in [0.2, 0.25) is 0 Å². The van der Waals surface area contributed by atoms with E-state index in [-0.39, 0.29) is 11.4 Å². The fraction of sp³-hybridized carbons (Fsp3) is 0.636. The average Bonchev–Trinajstić information content (AvgIpc) is 3.44. The topological polar surface area (TPSA) is 72.7 Å². The maximum absolute atomic E-state index is 12.9. The van der Waals surface area contributed by atoms with Crippen LogP contribution in [0.25, 0.3) is 11.4 Å². The van der Waals surface area contributed by atoms with Crippen molar-refractivity contribution in [3.05, 3.63) is 24.5 Å². The standard InChI is InChI=1S/C22H27N5OS/c28-19(24-22-9-14-6-15(10-22)8-16(7-14)11-22)13-29-21-26-25-20(27(21)18-3-4-18)17-2-1-5-23-12-17/h1-2,5,12,14-16,18H,3-4,6-11,13H2,(H,24,28). The summed E-state index contributed by atoms with van der Waals surface area (Å²) in [6, 6.07) is 4.39. The molecule has 0 radical (unpaired) electrons. The Hall–Kier alpha value is -1.89. The van der Waals surface area contributed by atoms with Crippen LogP contribution in [-0.2, 0) is 4.79 Å². The first-order valence-corrected chi connectivity index (χ1v) is 12.0. The molecule has 2 aromatic heterocycles. The molecule has 2 heterocycles. The van der Waals surface area contributed by atoms with E-state index in [1.54, 1.807) is 6.20 Å². The molecule has 7 rings (SSSR count). The number of hydrogen-bond acceptors (Lipinski definition) is 5. The Morgan fingerprint density at radius 3 is 2.48 bits per heavy atom. The van der Waals surface area contributed by atoms with Gasteiger partial charge in [-0.05, 0) is 81.3 Å². The monoisotopic (exact) mass is 409 g/mol. The number of thioether (sulfide) groups is 1. The summed E-state index contributed by atoms with van der Waals surface area (Å²) in [5, 5.41) is 13.2. The Balaban J connectivity index is 1.15. The lowest BCUT2D eigenvalue weighted by atomic mass is 9.53. The minimum atomic E-state index is 0.0808. The first kappa shape index (κ1) is 17.9. The van der Waals surface area contributed by atoms with Crippen LogP contribution in [0.1, 0.15) is 57.4 Å². The van der Waals surface area contributed by atoms with Crippen molar-refractivity contribution < 1.29 is 4.79 Å². The van der Waals surface area contributed by atoms with Crippen molar-refractivity contribution in [3.63, 3.8) is 0 Å². The van der Waals surface area contributed by atoms with Gasteiger partial charge in [-0.1, -0.05) is 11.8 Å². The summed E-state index contributed by atoms with van der Waals surface area (Å²) >= 11 is 1.52. The van der Waals surface area contributed by atoms with Gasteiger partial charge >= 0.3 is 0 Å². The number of rotatable bonds is 6. The highest BCUT2D eigenvalue weighted by Crippen LogP contribution is 2.55. The van der Waals surface area contributed by atoms with Crippen LogP contribution in [0.15, 0.2) is 29.7 Å². The molecule has 0 saturated heterocycles. The number of aromatic nitrogens is 4. The van der Waals surface area contributed by atoms with E-state index in [9.17, 15) is 4.79 Å². The highest BCUT2D eigenvalue weighted by atomic mass is 32.2. The maximum atomic E-state index is 12.9. The highest BCUT2D eigenvalue weighted by Gasteiger charge is 2.51. The molecule has 0 atom stereocenters. The molecular formula is C22H27N5OS. The van der Waals surface area contributed by atoms with Gasteiger partial charge < -0.3 is 5.32 Å². The zero-order valence-electron chi connectivity index (χ0n) is 16.6. The molecule has 152 valence electrons. The van der Waals surface area contributed by atoms with Gasteiger partial charge in [0.15, 0.2) is 11.0 Å². The lowest BCUT2D eigenvalue weighted by molar-refractivity contribution is -0.124. The van der Waals surface area contributed by atoms with Gasteiger partial charge in [0.1, 0.15) is 0 Å². The second-order valence-electron chi connectivity index (χ2n) is 9.68. The van der Waals surface area contributed by atoms with E-state index in [1.807, 2.05) is 18.3 Å². The summed E-state index contributed by atoms with van der Waals surface area (Å²) in [4.78, 5) is 17.1. The van der Waals surface area contributed by atoms with Crippen molar-refractivity contribution in [3.8, 4) is 11.4 Å². The van der Waals surface area contributed by atoms with E-state index >= 15 is 0 Å². The third kappa shape index (κ3) is 3.37. The smallest absolute Gasteiger partial charge is 0.230 e. The molecule has 5 aliphatic rings. The number of amides is 1. The van der Waals surface area contributed by atoms with Gasteiger partial charge in [0.2, 0.25) is 5.91 Å². The molecular weight excluding hydrogens is 382 g/mol. The maximum Gasteiger partial charge on any atom is 0.230 e. The van der Waals surface area contributed by atoms with Crippen LogP contribution in [0.4, 0.5) is 0 Å². The summed E-state index contributed by atoms with van der Waals surface area (Å²) in [5.74, 6) is 3.96. The Kier molecular flexibility index (Phi) is 4.22. The SMILES string of the molecule is O=C(CSc1nnc(-c2cccnc2)n1C1CC1)NC12CC3CC(CC(C3)C1)C2. The minimum absolute atomic E-state index is 0.0808. The predicted octanol–water partition coefficient (Wildman–Crippen LogP) is 3.85. The van der Waals surface area contributed by atoms with Crippen molar-refractivity contribution in [1.29, 1.82) is 0 Å². The molecule has 0 aliphatic heterocycles. The Morgan fingerprint density at radius 2 is 1.86 bits per heavy atom. The van der Waals surface area contributed by atoms with Gasteiger partial charge in [-0.2, -0.15) is 0 Å². The van der Waals surface area contributed by atoms with Crippen molar-refractivity contribution >= 4 is 17.7 Å². The molecule has 0 unspecified atom stereocenters. The summed E-state index contributed by atoms with van der Waals surface area (Å²) in [6.45, 7) is 0. The lowest BCUT2D eigenvalue weighted by Gasteiger charge is -2.56. The van der Waals surface area contributed by atoms with Gasteiger partial charge in [-0.15, -0.1) is 10.2 Å². The molecule has 1 amide bonds. The van der Waals surface area contributed by atoms with Crippen LogP contribution >= 0.6 is 11.8 Å². The molecule has 2 aromatic rings. The van der Waals surface area contributed by atoms with E-state index in [0.717, 1.165) is 47.1 Å². The van der Waals surface area contributed by atoms with E-state index in [2.05, 4.69) is 25.1 Å². The van der Waals surface area contributed by atoms with Crippen LogP contribution in [-0.4, -0.2) is 36.9 Å². The molecule has 0 spiro atoms. The van der Waals surface area contributed by atoms with E-state index in [0.29, 0.717) is 11.8 Å². The molecule has 4 bridgehead atoms. The van der Waals surface area contributed by atoms with Gasteiger partial charge in [0, 0.05) is 29.5 Å². The number of nitrogens with one attached hydrogen (secondary N) is 1.